The van der Waals surface area contributed by atoms with Crippen molar-refractivity contribution in [3.63, 3.8) is 0 Å². The summed E-state index contributed by atoms with van der Waals surface area (Å²) in [4.78, 5) is 16.3. The Kier molecular flexibility index (Phi) is 4.36. The van der Waals surface area contributed by atoms with Gasteiger partial charge in [-0.15, -0.1) is 11.3 Å². The molecule has 4 N–H and O–H groups in total. The van der Waals surface area contributed by atoms with E-state index in [1.54, 1.807) is 23.6 Å². The largest absolute Gasteiger partial charge is 0.508 e. The van der Waals surface area contributed by atoms with Crippen LogP contribution in [0, 0.1) is 0 Å². The Balaban J connectivity index is 2.07. The quantitative estimate of drug-likeness (QED) is 0.807. The highest BCUT2D eigenvalue weighted by atomic mass is 32.1. The average Bonchev–Trinajstić information content (AvgIpc) is 2.88. The van der Waals surface area contributed by atoms with Crippen LogP contribution in [0.2, 0.25) is 0 Å². The van der Waals surface area contributed by atoms with Crippen LogP contribution in [0.25, 0.3) is 0 Å². The number of aromatic nitrogens is 1. The predicted octanol–water partition coefficient (Wildman–Crippen LogP) is 2.36. The van der Waals surface area contributed by atoms with Crippen molar-refractivity contribution in [3.05, 3.63) is 45.9 Å². The van der Waals surface area contributed by atoms with Crippen molar-refractivity contribution in [2.24, 2.45) is 5.73 Å². The van der Waals surface area contributed by atoms with Gasteiger partial charge in [-0.05, 0) is 31.5 Å². The number of nitrogens with two attached hydrogens (primary N) is 1. The van der Waals surface area contributed by atoms with Crippen molar-refractivity contribution < 1.29 is 9.90 Å². The van der Waals surface area contributed by atoms with E-state index >= 15 is 0 Å². The van der Waals surface area contributed by atoms with E-state index in [-0.39, 0.29) is 23.7 Å². The van der Waals surface area contributed by atoms with Gasteiger partial charge in [-0.25, -0.2) is 4.98 Å². The van der Waals surface area contributed by atoms with Gasteiger partial charge in [-0.1, -0.05) is 12.1 Å². The maximum Gasteiger partial charge on any atom is 0.271 e. The van der Waals surface area contributed by atoms with Crippen LogP contribution in [-0.4, -0.2) is 16.0 Å². The Morgan fingerprint density at radius 1 is 1.45 bits per heavy atom. The van der Waals surface area contributed by atoms with E-state index in [9.17, 15) is 9.90 Å². The highest BCUT2D eigenvalue weighted by Crippen LogP contribution is 2.19. The zero-order valence-corrected chi connectivity index (χ0v) is 12.1. The summed E-state index contributed by atoms with van der Waals surface area (Å²) < 4.78 is 0. The number of benzene rings is 1. The molecule has 0 radical (unpaired) electrons. The molecule has 0 saturated carbocycles. The maximum absolute atomic E-state index is 12.1. The Hall–Kier alpha value is -1.92. The SMILES string of the molecule is CC(N)c1nc(C(=O)NC(C)c2cccc(O)c2)cs1. The molecule has 0 saturated heterocycles. The molecule has 106 valence electrons. The Morgan fingerprint density at radius 3 is 2.80 bits per heavy atom. The zero-order valence-electron chi connectivity index (χ0n) is 11.3. The van der Waals surface area contributed by atoms with Gasteiger partial charge in [0.2, 0.25) is 0 Å². The molecule has 2 atom stereocenters. The van der Waals surface area contributed by atoms with Gasteiger partial charge in [-0.3, -0.25) is 4.79 Å². The topological polar surface area (TPSA) is 88.2 Å². The van der Waals surface area contributed by atoms with Gasteiger partial charge < -0.3 is 16.2 Å². The Labute approximate surface area is 121 Å². The van der Waals surface area contributed by atoms with E-state index in [1.165, 1.54) is 11.3 Å². The molecular formula is C14H17N3O2S. The molecule has 0 aliphatic carbocycles. The summed E-state index contributed by atoms with van der Waals surface area (Å²) in [6.07, 6.45) is 0. The van der Waals surface area contributed by atoms with Crippen LogP contribution in [0.4, 0.5) is 0 Å². The number of phenols is 1. The van der Waals surface area contributed by atoms with Gasteiger partial charge in [0.15, 0.2) is 0 Å². The van der Waals surface area contributed by atoms with Crippen molar-refractivity contribution in [3.8, 4) is 5.75 Å². The second-order valence-corrected chi connectivity index (χ2v) is 5.54. The Bertz CT molecular complexity index is 610. The van der Waals surface area contributed by atoms with Crippen LogP contribution in [0.15, 0.2) is 29.6 Å². The van der Waals surface area contributed by atoms with Gasteiger partial charge in [0.1, 0.15) is 16.5 Å². The number of hydrogen-bond donors (Lipinski definition) is 3. The van der Waals surface area contributed by atoms with Crippen molar-refractivity contribution in [1.29, 1.82) is 0 Å². The lowest BCUT2D eigenvalue weighted by Crippen LogP contribution is -2.27. The molecule has 5 nitrogen and oxygen atoms in total. The maximum atomic E-state index is 12.1. The number of aromatic hydroxyl groups is 1. The molecule has 0 spiro atoms. The fourth-order valence-electron chi connectivity index (χ4n) is 1.75. The van der Waals surface area contributed by atoms with Crippen molar-refractivity contribution >= 4 is 17.2 Å². The van der Waals surface area contributed by atoms with Gasteiger partial charge >= 0.3 is 0 Å². The molecule has 2 rings (SSSR count). The number of phenolic OH excluding ortho intramolecular Hbond substituents is 1. The summed E-state index contributed by atoms with van der Waals surface area (Å²) >= 11 is 1.37. The number of hydrogen-bond acceptors (Lipinski definition) is 5. The number of rotatable bonds is 4. The minimum Gasteiger partial charge on any atom is -0.508 e. The predicted molar refractivity (Wildman–Crippen MR) is 78.7 cm³/mol. The normalized spacial score (nSPS) is 13.8. The molecule has 0 bridgehead atoms. The minimum absolute atomic E-state index is 0.176. The number of carbonyl (C=O) groups excluding carboxylic acids is 1. The van der Waals surface area contributed by atoms with Crippen LogP contribution in [0.1, 0.15) is 47.0 Å². The molecule has 1 aromatic heterocycles. The van der Waals surface area contributed by atoms with Crippen LogP contribution < -0.4 is 11.1 Å². The van der Waals surface area contributed by atoms with Crippen LogP contribution >= 0.6 is 11.3 Å². The second kappa shape index (κ2) is 6.02. The second-order valence-electron chi connectivity index (χ2n) is 4.65. The molecule has 1 heterocycles. The van der Waals surface area contributed by atoms with E-state index in [0.717, 1.165) is 10.6 Å². The van der Waals surface area contributed by atoms with Gasteiger partial charge in [0, 0.05) is 5.38 Å². The molecule has 0 aliphatic heterocycles. The van der Waals surface area contributed by atoms with E-state index < -0.39 is 0 Å². The molecule has 6 heteroatoms. The smallest absolute Gasteiger partial charge is 0.271 e. The first-order valence-corrected chi connectivity index (χ1v) is 7.16. The average molecular weight is 291 g/mol. The van der Waals surface area contributed by atoms with Gasteiger partial charge in [0.05, 0.1) is 12.1 Å². The van der Waals surface area contributed by atoms with Crippen molar-refractivity contribution in [1.82, 2.24) is 10.3 Å². The lowest BCUT2D eigenvalue weighted by atomic mass is 10.1. The summed E-state index contributed by atoms with van der Waals surface area (Å²) in [5, 5.41) is 14.7. The van der Waals surface area contributed by atoms with Crippen molar-refractivity contribution in [2.45, 2.75) is 25.9 Å². The fourth-order valence-corrected chi connectivity index (χ4v) is 2.51. The van der Waals surface area contributed by atoms with Crippen molar-refractivity contribution in [2.75, 3.05) is 0 Å². The molecule has 20 heavy (non-hydrogen) atoms. The lowest BCUT2D eigenvalue weighted by molar-refractivity contribution is 0.0935. The number of amides is 1. The molecule has 1 amide bonds. The fraction of sp³-hybridized carbons (Fsp3) is 0.286. The third kappa shape index (κ3) is 3.34. The summed E-state index contributed by atoms with van der Waals surface area (Å²) in [5.74, 6) is -0.0690. The van der Waals surface area contributed by atoms with E-state index in [1.807, 2.05) is 19.9 Å². The Morgan fingerprint density at radius 2 is 2.20 bits per heavy atom. The number of nitrogens with one attached hydrogen (secondary N) is 1. The van der Waals surface area contributed by atoms with Gasteiger partial charge in [-0.2, -0.15) is 0 Å². The standard InChI is InChI=1S/C14H17N3O2S/c1-8(15)14-17-12(7-20-14)13(19)16-9(2)10-4-3-5-11(18)6-10/h3-9,18H,15H2,1-2H3,(H,16,19). The summed E-state index contributed by atoms with van der Waals surface area (Å²) in [6.45, 7) is 3.68. The molecular weight excluding hydrogens is 274 g/mol. The molecule has 2 unspecified atom stereocenters. The number of thiazole rings is 1. The van der Waals surface area contributed by atoms with Crippen LogP contribution in [0.3, 0.4) is 0 Å². The molecule has 0 aliphatic rings. The lowest BCUT2D eigenvalue weighted by Gasteiger charge is -2.13. The summed E-state index contributed by atoms with van der Waals surface area (Å²) in [5.41, 5.74) is 6.93. The highest BCUT2D eigenvalue weighted by molar-refractivity contribution is 7.09. The van der Waals surface area contributed by atoms with Gasteiger partial charge in [0.25, 0.3) is 5.91 Å². The zero-order chi connectivity index (χ0) is 14.7. The van der Waals surface area contributed by atoms with Crippen LogP contribution in [0.5, 0.6) is 5.75 Å². The molecule has 0 fully saturated rings. The van der Waals surface area contributed by atoms with Crippen LogP contribution in [-0.2, 0) is 0 Å². The third-order valence-electron chi connectivity index (χ3n) is 2.86. The number of carbonyl (C=O) groups is 1. The van der Waals surface area contributed by atoms with E-state index in [4.69, 9.17) is 5.73 Å². The highest BCUT2D eigenvalue weighted by Gasteiger charge is 2.15. The minimum atomic E-state index is -0.246. The molecule has 1 aromatic carbocycles. The monoisotopic (exact) mass is 291 g/mol. The first-order valence-electron chi connectivity index (χ1n) is 6.28. The number of nitrogens with zero attached hydrogens (tertiary/aromatic N) is 1. The molecule has 2 aromatic rings. The van der Waals surface area contributed by atoms with E-state index in [0.29, 0.717) is 5.69 Å². The van der Waals surface area contributed by atoms with E-state index in [2.05, 4.69) is 10.3 Å². The third-order valence-corrected chi connectivity index (χ3v) is 3.91. The first-order chi connectivity index (χ1) is 9.47. The first kappa shape index (κ1) is 14.5. The summed E-state index contributed by atoms with van der Waals surface area (Å²) in [6, 6.07) is 6.41. The summed E-state index contributed by atoms with van der Waals surface area (Å²) in [7, 11) is 0.